The van der Waals surface area contributed by atoms with Crippen LogP contribution < -0.4 is 20.1 Å². The fourth-order valence-corrected chi connectivity index (χ4v) is 3.51. The molecule has 2 aromatic carbocycles. The number of anilines is 3. The SMILES string of the molecule is CC(=O)Oc1ccc(/C=C/C(=O)Nc2ccc(C)c(Nc3nccc(-c4cccnc4)n3)c2)cc1OC(C)=O. The summed E-state index contributed by atoms with van der Waals surface area (Å²) < 4.78 is 10.2. The second-order valence-electron chi connectivity index (χ2n) is 8.38. The lowest BCUT2D eigenvalue weighted by atomic mass is 10.1. The molecule has 2 N–H and O–H groups in total. The van der Waals surface area contributed by atoms with Gasteiger partial charge in [0.15, 0.2) is 11.5 Å². The number of rotatable bonds is 8. The number of esters is 2. The topological polar surface area (TPSA) is 132 Å². The van der Waals surface area contributed by atoms with Crippen LogP contribution in [-0.4, -0.2) is 32.8 Å². The summed E-state index contributed by atoms with van der Waals surface area (Å²) in [5.74, 6) is -0.911. The van der Waals surface area contributed by atoms with E-state index in [0.29, 0.717) is 17.2 Å². The molecule has 0 spiro atoms. The predicted molar refractivity (Wildman–Crippen MR) is 146 cm³/mol. The van der Waals surface area contributed by atoms with E-state index in [1.807, 2.05) is 25.1 Å². The monoisotopic (exact) mass is 523 g/mol. The van der Waals surface area contributed by atoms with Crippen LogP contribution in [0.25, 0.3) is 17.3 Å². The first-order valence-electron chi connectivity index (χ1n) is 11.9. The van der Waals surface area contributed by atoms with Crippen LogP contribution in [0.4, 0.5) is 17.3 Å². The normalized spacial score (nSPS) is 10.6. The van der Waals surface area contributed by atoms with E-state index in [-0.39, 0.29) is 17.4 Å². The van der Waals surface area contributed by atoms with Gasteiger partial charge < -0.3 is 20.1 Å². The molecule has 0 saturated carbocycles. The molecule has 0 aliphatic carbocycles. The maximum atomic E-state index is 12.6. The van der Waals surface area contributed by atoms with Crippen LogP contribution in [0.2, 0.25) is 0 Å². The van der Waals surface area contributed by atoms with Crippen LogP contribution in [-0.2, 0) is 14.4 Å². The minimum Gasteiger partial charge on any atom is -0.423 e. The lowest BCUT2D eigenvalue weighted by Gasteiger charge is -2.11. The number of carbonyl (C=O) groups is 3. The summed E-state index contributed by atoms with van der Waals surface area (Å²) in [6.07, 6.45) is 7.97. The van der Waals surface area contributed by atoms with Crippen LogP contribution in [0.3, 0.4) is 0 Å². The van der Waals surface area contributed by atoms with Crippen molar-refractivity contribution in [2.45, 2.75) is 20.8 Å². The summed E-state index contributed by atoms with van der Waals surface area (Å²) in [5.41, 5.74) is 4.39. The lowest BCUT2D eigenvalue weighted by Crippen LogP contribution is -2.09. The van der Waals surface area contributed by atoms with Crippen LogP contribution in [0, 0.1) is 6.92 Å². The Bertz CT molecular complexity index is 1550. The van der Waals surface area contributed by atoms with Gasteiger partial charge in [-0.15, -0.1) is 0 Å². The highest BCUT2D eigenvalue weighted by atomic mass is 16.6. The van der Waals surface area contributed by atoms with Gasteiger partial charge in [-0.3, -0.25) is 19.4 Å². The van der Waals surface area contributed by atoms with E-state index < -0.39 is 11.9 Å². The molecule has 1 amide bonds. The standard InChI is InChI=1S/C29H25N5O5/c1-18-6-9-23(16-25(18)34-29-31-14-12-24(33-29)22-5-4-13-30-17-22)32-28(37)11-8-21-7-10-26(38-19(2)35)27(15-21)39-20(3)36/h4-17H,1-3H3,(H,32,37)(H,31,33,34)/b11-8+. The van der Waals surface area contributed by atoms with Crippen LogP contribution in [0.15, 0.2) is 79.3 Å². The first kappa shape index (κ1) is 26.7. The molecule has 39 heavy (non-hydrogen) atoms. The Labute approximate surface area is 224 Å². The van der Waals surface area contributed by atoms with Crippen molar-refractivity contribution in [1.29, 1.82) is 0 Å². The number of nitrogens with zero attached hydrogens (tertiary/aromatic N) is 3. The van der Waals surface area contributed by atoms with Gasteiger partial charge in [-0.1, -0.05) is 12.1 Å². The summed E-state index contributed by atoms with van der Waals surface area (Å²) >= 11 is 0. The van der Waals surface area contributed by atoms with E-state index in [1.54, 1.807) is 48.9 Å². The number of hydrogen-bond acceptors (Lipinski definition) is 9. The summed E-state index contributed by atoms with van der Waals surface area (Å²) in [6.45, 7) is 4.41. The van der Waals surface area contributed by atoms with E-state index in [4.69, 9.17) is 9.47 Å². The van der Waals surface area contributed by atoms with Crippen molar-refractivity contribution in [2.24, 2.45) is 0 Å². The molecule has 2 aromatic heterocycles. The number of hydrogen-bond donors (Lipinski definition) is 2. The van der Waals surface area contributed by atoms with Gasteiger partial charge in [0.1, 0.15) is 0 Å². The zero-order valence-corrected chi connectivity index (χ0v) is 21.5. The van der Waals surface area contributed by atoms with Crippen molar-refractivity contribution < 1.29 is 23.9 Å². The Morgan fingerprint density at radius 1 is 0.897 bits per heavy atom. The highest BCUT2D eigenvalue weighted by molar-refractivity contribution is 6.02. The smallest absolute Gasteiger partial charge is 0.308 e. The van der Waals surface area contributed by atoms with Gasteiger partial charge in [0, 0.05) is 55.5 Å². The molecule has 10 heteroatoms. The first-order valence-corrected chi connectivity index (χ1v) is 11.9. The molecule has 0 radical (unpaired) electrons. The molecular weight excluding hydrogens is 498 g/mol. The molecule has 196 valence electrons. The molecule has 0 unspecified atom stereocenters. The minimum atomic E-state index is -0.569. The molecular formula is C29H25N5O5. The van der Waals surface area contributed by atoms with Gasteiger partial charge in [0.05, 0.1) is 5.69 Å². The second-order valence-corrected chi connectivity index (χ2v) is 8.38. The van der Waals surface area contributed by atoms with E-state index in [9.17, 15) is 14.4 Å². The summed E-state index contributed by atoms with van der Waals surface area (Å²) in [6, 6.07) is 15.6. The van der Waals surface area contributed by atoms with Gasteiger partial charge in [0.25, 0.3) is 0 Å². The van der Waals surface area contributed by atoms with Gasteiger partial charge in [-0.2, -0.15) is 0 Å². The largest absolute Gasteiger partial charge is 0.423 e. The Kier molecular flexibility index (Phi) is 8.37. The summed E-state index contributed by atoms with van der Waals surface area (Å²) in [7, 11) is 0. The Balaban J connectivity index is 1.46. The third-order valence-corrected chi connectivity index (χ3v) is 5.27. The Hall–Kier alpha value is -5.38. The number of nitrogens with one attached hydrogen (secondary N) is 2. The average Bonchev–Trinajstić information content (AvgIpc) is 2.91. The van der Waals surface area contributed by atoms with Crippen molar-refractivity contribution in [3.8, 4) is 22.8 Å². The quantitative estimate of drug-likeness (QED) is 0.184. The molecule has 0 bridgehead atoms. The fourth-order valence-electron chi connectivity index (χ4n) is 3.51. The van der Waals surface area contributed by atoms with Gasteiger partial charge in [-0.05, 0) is 66.6 Å². The van der Waals surface area contributed by atoms with Crippen molar-refractivity contribution in [3.05, 3.63) is 90.4 Å². The minimum absolute atomic E-state index is 0.0734. The Morgan fingerprint density at radius 3 is 2.44 bits per heavy atom. The molecule has 4 aromatic rings. The van der Waals surface area contributed by atoms with Crippen molar-refractivity contribution in [2.75, 3.05) is 10.6 Å². The van der Waals surface area contributed by atoms with Crippen LogP contribution >= 0.6 is 0 Å². The fraction of sp³-hybridized carbons (Fsp3) is 0.103. The van der Waals surface area contributed by atoms with E-state index in [1.165, 1.54) is 32.1 Å². The molecule has 4 rings (SSSR count). The summed E-state index contributed by atoms with van der Waals surface area (Å²) in [4.78, 5) is 48.3. The number of carbonyl (C=O) groups excluding carboxylic acids is 3. The molecule has 2 heterocycles. The second kappa shape index (κ2) is 12.2. The molecule has 0 saturated heterocycles. The van der Waals surface area contributed by atoms with E-state index >= 15 is 0 Å². The number of aryl methyl sites for hydroxylation is 1. The predicted octanol–water partition coefficient (Wildman–Crippen LogP) is 5.09. The van der Waals surface area contributed by atoms with E-state index in [0.717, 1.165) is 22.5 Å². The molecule has 10 nitrogen and oxygen atoms in total. The molecule has 0 aliphatic rings. The van der Waals surface area contributed by atoms with E-state index in [2.05, 4.69) is 25.6 Å². The highest BCUT2D eigenvalue weighted by Gasteiger charge is 2.11. The number of aromatic nitrogens is 3. The third-order valence-electron chi connectivity index (χ3n) is 5.27. The van der Waals surface area contributed by atoms with Gasteiger partial charge in [-0.25, -0.2) is 9.97 Å². The lowest BCUT2D eigenvalue weighted by molar-refractivity contribution is -0.134. The Morgan fingerprint density at radius 2 is 1.69 bits per heavy atom. The maximum absolute atomic E-state index is 12.6. The van der Waals surface area contributed by atoms with Gasteiger partial charge in [0.2, 0.25) is 11.9 Å². The summed E-state index contributed by atoms with van der Waals surface area (Å²) in [5, 5.41) is 6.02. The molecule has 0 fully saturated rings. The maximum Gasteiger partial charge on any atom is 0.308 e. The zero-order chi connectivity index (χ0) is 27.8. The third kappa shape index (κ3) is 7.56. The number of ether oxygens (including phenoxy) is 2. The van der Waals surface area contributed by atoms with Crippen LogP contribution in [0.5, 0.6) is 11.5 Å². The zero-order valence-electron chi connectivity index (χ0n) is 21.5. The van der Waals surface area contributed by atoms with Crippen LogP contribution in [0.1, 0.15) is 25.0 Å². The highest BCUT2D eigenvalue weighted by Crippen LogP contribution is 2.29. The van der Waals surface area contributed by atoms with Gasteiger partial charge >= 0.3 is 11.9 Å². The number of amides is 1. The van der Waals surface area contributed by atoms with Crippen molar-refractivity contribution in [1.82, 2.24) is 15.0 Å². The van der Waals surface area contributed by atoms with Crippen molar-refractivity contribution >= 4 is 41.2 Å². The molecule has 0 atom stereocenters. The first-order chi connectivity index (χ1) is 18.8. The number of benzene rings is 2. The molecule has 0 aliphatic heterocycles. The van der Waals surface area contributed by atoms with Crippen molar-refractivity contribution in [3.63, 3.8) is 0 Å². The average molecular weight is 524 g/mol. The number of pyridine rings is 1.